The van der Waals surface area contributed by atoms with Crippen LogP contribution >= 0.6 is 0 Å². The predicted octanol–water partition coefficient (Wildman–Crippen LogP) is 4.23. The summed E-state index contributed by atoms with van der Waals surface area (Å²) in [6.07, 6.45) is 12.6. The summed E-state index contributed by atoms with van der Waals surface area (Å²) in [4.78, 5) is 23.3. The van der Waals surface area contributed by atoms with Crippen LogP contribution in [0, 0.1) is 28.6 Å². The van der Waals surface area contributed by atoms with Gasteiger partial charge in [-0.05, 0) is 68.4 Å². The largest absolute Gasteiger partial charge is 0.462 e. The molecule has 0 amide bonds. The summed E-state index contributed by atoms with van der Waals surface area (Å²) in [5.41, 5.74) is 1.53. The Labute approximate surface area is 144 Å². The van der Waals surface area contributed by atoms with E-state index in [0.717, 1.165) is 19.3 Å². The summed E-state index contributed by atoms with van der Waals surface area (Å²) in [5.74, 6) is 1.96. The Morgan fingerprint density at radius 2 is 1.96 bits per heavy atom. The van der Waals surface area contributed by atoms with Crippen molar-refractivity contribution in [3.05, 3.63) is 23.8 Å². The van der Waals surface area contributed by atoms with Crippen molar-refractivity contribution >= 4 is 11.8 Å². The molecule has 0 unspecified atom stereocenters. The number of allylic oxidation sites excluding steroid dienone is 4. The Hall–Kier alpha value is -1.38. The molecule has 4 aliphatic carbocycles. The molecule has 4 aliphatic rings. The number of esters is 1. The lowest BCUT2D eigenvalue weighted by atomic mass is 9.48. The third-order valence-corrected chi connectivity index (χ3v) is 7.78. The van der Waals surface area contributed by atoms with E-state index >= 15 is 0 Å². The molecule has 0 N–H and O–H groups in total. The second-order valence-electron chi connectivity index (χ2n) is 8.82. The minimum atomic E-state index is -0.140. The van der Waals surface area contributed by atoms with Crippen LogP contribution < -0.4 is 0 Å². The van der Waals surface area contributed by atoms with Crippen molar-refractivity contribution in [3.63, 3.8) is 0 Å². The number of hydrogen-bond donors (Lipinski definition) is 0. The maximum Gasteiger partial charge on any atom is 0.302 e. The van der Waals surface area contributed by atoms with E-state index < -0.39 is 0 Å². The summed E-state index contributed by atoms with van der Waals surface area (Å²) in [6.45, 7) is 6.22. The molecule has 130 valence electrons. The summed E-state index contributed by atoms with van der Waals surface area (Å²) >= 11 is 0. The topological polar surface area (TPSA) is 43.4 Å². The Kier molecular flexibility index (Phi) is 3.56. The Balaban J connectivity index is 1.63. The zero-order chi connectivity index (χ0) is 17.1. The average molecular weight is 328 g/mol. The average Bonchev–Trinajstić information content (AvgIpc) is 2.84. The van der Waals surface area contributed by atoms with Crippen LogP contribution in [-0.4, -0.2) is 17.9 Å². The van der Waals surface area contributed by atoms with Gasteiger partial charge in [-0.25, -0.2) is 0 Å². The fraction of sp³-hybridized carbons (Fsp3) is 0.714. The van der Waals surface area contributed by atoms with Gasteiger partial charge in [0.1, 0.15) is 6.10 Å². The zero-order valence-electron chi connectivity index (χ0n) is 15.0. The number of ether oxygens (including phenoxy) is 1. The van der Waals surface area contributed by atoms with Gasteiger partial charge < -0.3 is 4.74 Å². The maximum absolute atomic E-state index is 11.8. The molecule has 0 aromatic carbocycles. The molecule has 6 atom stereocenters. The Bertz CT molecular complexity index is 645. The predicted molar refractivity (Wildman–Crippen MR) is 92.2 cm³/mol. The first-order valence-electron chi connectivity index (χ1n) is 9.46. The highest BCUT2D eigenvalue weighted by Gasteiger charge is 2.59. The van der Waals surface area contributed by atoms with Gasteiger partial charge in [0.15, 0.2) is 5.78 Å². The third kappa shape index (κ3) is 2.16. The second-order valence-corrected chi connectivity index (χ2v) is 8.82. The SMILES string of the molecule is CC(=O)O[C@@H]1CC[C@@H]2[C@H]3CCC4=CC(=O)C=C[C@]4(C)[C@@H]3CC[C@]21C. The Morgan fingerprint density at radius 3 is 2.71 bits per heavy atom. The van der Waals surface area contributed by atoms with Crippen LogP contribution in [0.15, 0.2) is 23.8 Å². The molecule has 4 rings (SSSR count). The van der Waals surface area contributed by atoms with Crippen LogP contribution in [-0.2, 0) is 14.3 Å². The van der Waals surface area contributed by atoms with Gasteiger partial charge in [-0.2, -0.15) is 0 Å². The quantitative estimate of drug-likeness (QED) is 0.677. The molecule has 0 aliphatic heterocycles. The number of carbonyl (C=O) groups excluding carboxylic acids is 2. The monoisotopic (exact) mass is 328 g/mol. The summed E-state index contributed by atoms with van der Waals surface area (Å²) in [5, 5.41) is 0. The van der Waals surface area contributed by atoms with Gasteiger partial charge in [-0.1, -0.05) is 25.5 Å². The first-order valence-corrected chi connectivity index (χ1v) is 9.46. The van der Waals surface area contributed by atoms with E-state index in [1.807, 2.05) is 6.08 Å². The van der Waals surface area contributed by atoms with Gasteiger partial charge in [0.05, 0.1) is 0 Å². The van der Waals surface area contributed by atoms with Gasteiger partial charge in [-0.15, -0.1) is 0 Å². The van der Waals surface area contributed by atoms with Gasteiger partial charge in [0.2, 0.25) is 0 Å². The van der Waals surface area contributed by atoms with Crippen molar-refractivity contribution in [1.29, 1.82) is 0 Å². The van der Waals surface area contributed by atoms with Crippen LogP contribution in [0.5, 0.6) is 0 Å². The molecule has 3 fully saturated rings. The van der Waals surface area contributed by atoms with Crippen molar-refractivity contribution in [3.8, 4) is 0 Å². The molecule has 0 aromatic heterocycles. The molecule has 0 radical (unpaired) electrons. The van der Waals surface area contributed by atoms with Crippen molar-refractivity contribution in [2.45, 2.75) is 65.4 Å². The standard InChI is InChI=1S/C21H28O3/c1-13(22)24-19-7-6-17-16-5-4-14-12-15(23)8-10-20(14,2)18(16)9-11-21(17,19)3/h8,10,12,16-19H,4-7,9,11H2,1-3H3/t16-,17-,18-,19-,20+,21-/m1/s1. The summed E-state index contributed by atoms with van der Waals surface area (Å²) < 4.78 is 5.70. The summed E-state index contributed by atoms with van der Waals surface area (Å²) in [7, 11) is 0. The van der Waals surface area contributed by atoms with Gasteiger partial charge >= 0.3 is 5.97 Å². The molecule has 3 saturated carbocycles. The number of fused-ring (bicyclic) bond motifs is 5. The molecule has 0 aromatic rings. The van der Waals surface area contributed by atoms with Crippen molar-refractivity contribution in [2.24, 2.45) is 28.6 Å². The molecule has 0 bridgehead atoms. The number of carbonyl (C=O) groups is 2. The van der Waals surface area contributed by atoms with Crippen LogP contribution in [0.2, 0.25) is 0 Å². The van der Waals surface area contributed by atoms with E-state index in [4.69, 9.17) is 4.74 Å². The van der Waals surface area contributed by atoms with E-state index in [9.17, 15) is 9.59 Å². The number of rotatable bonds is 1. The fourth-order valence-corrected chi connectivity index (χ4v) is 6.54. The molecule has 0 heterocycles. The van der Waals surface area contributed by atoms with E-state index in [-0.39, 0.29) is 28.7 Å². The highest BCUT2D eigenvalue weighted by Crippen LogP contribution is 2.64. The molecule has 3 heteroatoms. The van der Waals surface area contributed by atoms with Crippen molar-refractivity contribution in [1.82, 2.24) is 0 Å². The zero-order valence-corrected chi connectivity index (χ0v) is 15.0. The van der Waals surface area contributed by atoms with Crippen LogP contribution in [0.1, 0.15) is 59.3 Å². The van der Waals surface area contributed by atoms with Crippen molar-refractivity contribution < 1.29 is 14.3 Å². The van der Waals surface area contributed by atoms with Crippen LogP contribution in [0.3, 0.4) is 0 Å². The third-order valence-electron chi connectivity index (χ3n) is 7.78. The lowest BCUT2D eigenvalue weighted by Crippen LogP contribution is -2.50. The lowest BCUT2D eigenvalue weighted by molar-refractivity contribution is -0.156. The van der Waals surface area contributed by atoms with Gasteiger partial charge in [0.25, 0.3) is 0 Å². The molecule has 0 spiro atoms. The maximum atomic E-state index is 11.8. The Morgan fingerprint density at radius 1 is 1.17 bits per heavy atom. The van der Waals surface area contributed by atoms with Crippen molar-refractivity contribution in [2.75, 3.05) is 0 Å². The second kappa shape index (κ2) is 5.31. The van der Waals surface area contributed by atoms with E-state index in [0.29, 0.717) is 17.8 Å². The molecule has 0 saturated heterocycles. The fourth-order valence-electron chi connectivity index (χ4n) is 6.54. The van der Waals surface area contributed by atoms with Gasteiger partial charge in [0, 0.05) is 17.8 Å². The molecular formula is C21H28O3. The first kappa shape index (κ1) is 16.1. The van der Waals surface area contributed by atoms with E-state index in [2.05, 4.69) is 19.9 Å². The molecular weight excluding hydrogens is 300 g/mol. The lowest BCUT2D eigenvalue weighted by Gasteiger charge is -2.56. The highest BCUT2D eigenvalue weighted by atomic mass is 16.5. The highest BCUT2D eigenvalue weighted by molar-refractivity contribution is 6.01. The normalized spacial score (nSPS) is 46.6. The van der Waals surface area contributed by atoms with Crippen LogP contribution in [0.25, 0.3) is 0 Å². The summed E-state index contributed by atoms with van der Waals surface area (Å²) in [6, 6.07) is 0. The number of ketones is 1. The van der Waals surface area contributed by atoms with Gasteiger partial charge in [-0.3, -0.25) is 9.59 Å². The minimum absolute atomic E-state index is 0.0533. The minimum Gasteiger partial charge on any atom is -0.462 e. The number of hydrogen-bond acceptors (Lipinski definition) is 3. The first-order chi connectivity index (χ1) is 11.3. The smallest absolute Gasteiger partial charge is 0.302 e. The van der Waals surface area contributed by atoms with Crippen LogP contribution in [0.4, 0.5) is 0 Å². The van der Waals surface area contributed by atoms with E-state index in [1.54, 1.807) is 6.08 Å². The molecule has 24 heavy (non-hydrogen) atoms. The molecule has 3 nitrogen and oxygen atoms in total. The van der Waals surface area contributed by atoms with E-state index in [1.165, 1.54) is 31.8 Å².